The molecule has 3 heterocycles. The lowest BCUT2D eigenvalue weighted by Gasteiger charge is -2.06. The van der Waals surface area contributed by atoms with E-state index in [2.05, 4.69) is 4.98 Å². The maximum atomic E-state index is 7.72. The van der Waals surface area contributed by atoms with Gasteiger partial charge in [-0.1, -0.05) is 19.0 Å². The second-order valence-corrected chi connectivity index (χ2v) is 5.74. The Kier molecular flexibility index (Phi) is 2.30. The summed E-state index contributed by atoms with van der Waals surface area (Å²) < 4.78 is 38.1. The van der Waals surface area contributed by atoms with Gasteiger partial charge in [-0.25, -0.2) is 9.55 Å². The van der Waals surface area contributed by atoms with Crippen molar-refractivity contribution in [3.8, 4) is 11.3 Å². The Bertz CT molecular complexity index is 1180. The van der Waals surface area contributed by atoms with Crippen molar-refractivity contribution in [2.45, 2.75) is 20.2 Å². The summed E-state index contributed by atoms with van der Waals surface area (Å²) in [4.78, 5) is 4.18. The van der Waals surface area contributed by atoms with Crippen molar-refractivity contribution in [1.29, 1.82) is 0 Å². The summed E-state index contributed by atoms with van der Waals surface area (Å²) in [5.74, 6) is 0. The van der Waals surface area contributed by atoms with Gasteiger partial charge < -0.3 is 4.42 Å². The zero-order chi connectivity index (χ0) is 19.3. The van der Waals surface area contributed by atoms with Crippen LogP contribution in [-0.4, -0.2) is 4.98 Å². The molecule has 0 aliphatic rings. The first kappa shape index (κ1) is 10.2. The van der Waals surface area contributed by atoms with Crippen LogP contribution in [0, 0.1) is 6.92 Å². The van der Waals surface area contributed by atoms with Crippen LogP contribution in [0.5, 0.6) is 0 Å². The molecule has 0 aliphatic carbocycles. The maximum absolute atomic E-state index is 7.72. The van der Waals surface area contributed by atoms with Crippen molar-refractivity contribution in [3.05, 3.63) is 59.9 Å². The summed E-state index contributed by atoms with van der Waals surface area (Å²) in [5.41, 5.74) is 4.86. The van der Waals surface area contributed by atoms with E-state index in [0.29, 0.717) is 5.71 Å². The van der Waals surface area contributed by atoms with Gasteiger partial charge in [0.05, 0.1) is 6.93 Å². The summed E-state index contributed by atoms with van der Waals surface area (Å²) in [5, 5.41) is 1.83. The number of aromatic nitrogens is 2. The minimum absolute atomic E-state index is 0.0329. The number of benzene rings is 1. The fourth-order valence-electron chi connectivity index (χ4n) is 3.07. The van der Waals surface area contributed by atoms with Gasteiger partial charge in [0.15, 0.2) is 11.8 Å². The predicted molar refractivity (Wildman–Crippen MR) is 92.2 cm³/mol. The SMILES string of the molecule is [2H]c1ccc2c(n1)oc1c(-c3ccc(CC([2H])([2H])[2H])c[n+]3C)c(C)ccc12. The normalized spacial score (nSPS) is 14.5. The molecule has 0 saturated carbocycles. The minimum Gasteiger partial charge on any atom is -0.437 e. The van der Waals surface area contributed by atoms with Gasteiger partial charge in [-0.2, -0.15) is 0 Å². The number of aryl methyl sites for hydroxylation is 3. The van der Waals surface area contributed by atoms with E-state index in [-0.39, 0.29) is 12.6 Å². The number of hydrogen-bond donors (Lipinski definition) is 0. The Balaban J connectivity index is 1.93. The molecule has 0 atom stereocenters. The molecule has 114 valence electrons. The molecule has 0 N–H and O–H groups in total. The first-order valence-corrected chi connectivity index (χ1v) is 7.51. The lowest BCUT2D eigenvalue weighted by molar-refractivity contribution is -0.660. The fourth-order valence-corrected chi connectivity index (χ4v) is 3.07. The molecule has 0 radical (unpaired) electrons. The van der Waals surface area contributed by atoms with E-state index in [1.807, 2.05) is 55.1 Å². The van der Waals surface area contributed by atoms with Gasteiger partial charge in [0.2, 0.25) is 11.4 Å². The molecule has 0 aliphatic heterocycles. The van der Waals surface area contributed by atoms with Crippen LogP contribution in [-0.2, 0) is 13.5 Å². The van der Waals surface area contributed by atoms with E-state index in [4.69, 9.17) is 9.90 Å². The zero-order valence-corrected chi connectivity index (χ0v) is 13.1. The summed E-state index contributed by atoms with van der Waals surface area (Å²) >= 11 is 0. The van der Waals surface area contributed by atoms with Crippen LogP contribution < -0.4 is 4.57 Å². The molecule has 4 rings (SSSR count). The minimum atomic E-state index is -2.00. The van der Waals surface area contributed by atoms with Crippen LogP contribution in [0.15, 0.2) is 53.2 Å². The highest BCUT2D eigenvalue weighted by Gasteiger charge is 2.20. The Labute approximate surface area is 140 Å². The Hall–Kier alpha value is -2.68. The summed E-state index contributed by atoms with van der Waals surface area (Å²) in [6.45, 7) is 0.0183. The zero-order valence-electron chi connectivity index (χ0n) is 17.1. The second-order valence-electron chi connectivity index (χ2n) is 5.74. The van der Waals surface area contributed by atoms with E-state index in [1.165, 1.54) is 0 Å². The van der Waals surface area contributed by atoms with Gasteiger partial charge in [-0.3, -0.25) is 0 Å². The number of rotatable bonds is 2. The van der Waals surface area contributed by atoms with Crippen LogP contribution in [0.25, 0.3) is 33.3 Å². The molecule has 0 amide bonds. The standard InChI is InChI=1S/C20H19N2O/c1-4-14-8-10-17(22(3)12-14)18-13(2)7-9-15-16-6-5-11-21-20(16)23-19(15)18/h5-12H,4H2,1-3H3/q+1/i1D3,11D. The fraction of sp³-hybridized carbons (Fsp3) is 0.200. The van der Waals surface area contributed by atoms with Crippen LogP contribution in [0.3, 0.4) is 0 Å². The van der Waals surface area contributed by atoms with Gasteiger partial charge in [0.25, 0.3) is 0 Å². The molecule has 23 heavy (non-hydrogen) atoms. The molecular formula is C20H19N2O+. The summed E-state index contributed by atoms with van der Waals surface area (Å²) in [7, 11) is 1.90. The molecule has 0 fully saturated rings. The van der Waals surface area contributed by atoms with Crippen molar-refractivity contribution in [2.24, 2.45) is 7.05 Å². The monoisotopic (exact) mass is 307 g/mol. The number of fused-ring (bicyclic) bond motifs is 3. The molecule has 4 aromatic rings. The number of hydrogen-bond acceptors (Lipinski definition) is 2. The van der Waals surface area contributed by atoms with E-state index >= 15 is 0 Å². The van der Waals surface area contributed by atoms with Crippen molar-refractivity contribution in [3.63, 3.8) is 0 Å². The Morgan fingerprint density at radius 1 is 1.22 bits per heavy atom. The topological polar surface area (TPSA) is 29.9 Å². The maximum Gasteiger partial charge on any atom is 0.227 e. The van der Waals surface area contributed by atoms with Crippen molar-refractivity contribution < 1.29 is 14.5 Å². The van der Waals surface area contributed by atoms with Crippen LogP contribution in [0.2, 0.25) is 0 Å². The average Bonchev–Trinajstić information content (AvgIpc) is 2.91. The average molecular weight is 307 g/mol. The lowest BCUT2D eigenvalue weighted by atomic mass is 10.0. The first-order valence-electron chi connectivity index (χ1n) is 9.51. The molecule has 0 spiro atoms. The van der Waals surface area contributed by atoms with Crippen molar-refractivity contribution in [2.75, 3.05) is 0 Å². The molecule has 3 aromatic heterocycles. The first-order chi connectivity index (χ1) is 12.7. The van der Waals surface area contributed by atoms with E-state index in [1.54, 1.807) is 6.07 Å². The van der Waals surface area contributed by atoms with E-state index < -0.39 is 6.85 Å². The predicted octanol–water partition coefficient (Wildman–Crippen LogP) is 4.34. The lowest BCUT2D eigenvalue weighted by Crippen LogP contribution is -2.31. The highest BCUT2D eigenvalue weighted by Crippen LogP contribution is 2.35. The van der Waals surface area contributed by atoms with Crippen LogP contribution in [0.1, 0.15) is 23.5 Å². The third kappa shape index (κ3) is 2.12. The van der Waals surface area contributed by atoms with Gasteiger partial charge in [-0.15, -0.1) is 0 Å². The van der Waals surface area contributed by atoms with Gasteiger partial charge in [0, 0.05) is 32.7 Å². The van der Waals surface area contributed by atoms with Gasteiger partial charge >= 0.3 is 0 Å². The molecular weight excluding hydrogens is 284 g/mol. The Morgan fingerprint density at radius 2 is 2.13 bits per heavy atom. The quantitative estimate of drug-likeness (QED) is 0.516. The Morgan fingerprint density at radius 3 is 2.96 bits per heavy atom. The van der Waals surface area contributed by atoms with Gasteiger partial charge in [0.1, 0.15) is 7.05 Å². The molecule has 3 heteroatoms. The smallest absolute Gasteiger partial charge is 0.227 e. The third-order valence-corrected chi connectivity index (χ3v) is 4.23. The number of pyridine rings is 2. The van der Waals surface area contributed by atoms with E-state index in [9.17, 15) is 0 Å². The van der Waals surface area contributed by atoms with Gasteiger partial charge in [-0.05, 0) is 37.1 Å². The highest BCUT2D eigenvalue weighted by atomic mass is 16.3. The molecule has 0 bridgehead atoms. The number of furan rings is 1. The molecule has 3 nitrogen and oxygen atoms in total. The summed E-state index contributed by atoms with van der Waals surface area (Å²) in [6.07, 6.45) is 2.05. The third-order valence-electron chi connectivity index (χ3n) is 4.23. The molecule has 0 saturated heterocycles. The molecule has 0 unspecified atom stereocenters. The summed E-state index contributed by atoms with van der Waals surface area (Å²) in [6, 6.07) is 11.3. The van der Waals surface area contributed by atoms with Crippen molar-refractivity contribution in [1.82, 2.24) is 4.98 Å². The number of nitrogens with zero attached hydrogens (tertiary/aromatic N) is 2. The largest absolute Gasteiger partial charge is 0.437 e. The van der Waals surface area contributed by atoms with Crippen LogP contribution >= 0.6 is 0 Å². The van der Waals surface area contributed by atoms with Crippen molar-refractivity contribution >= 4 is 22.1 Å². The second kappa shape index (κ2) is 5.20. The highest BCUT2D eigenvalue weighted by molar-refractivity contribution is 6.08. The van der Waals surface area contributed by atoms with Crippen LogP contribution in [0.4, 0.5) is 0 Å². The van der Waals surface area contributed by atoms with E-state index in [0.717, 1.165) is 38.7 Å². The molecule has 1 aromatic carbocycles.